The van der Waals surface area contributed by atoms with Crippen molar-refractivity contribution in [2.45, 2.75) is 26.2 Å². The molecule has 0 saturated heterocycles. The number of rotatable bonds is 4. The van der Waals surface area contributed by atoms with E-state index in [0.29, 0.717) is 13.2 Å². The highest BCUT2D eigenvalue weighted by Crippen LogP contribution is 2.29. The highest BCUT2D eigenvalue weighted by Gasteiger charge is 2.18. The summed E-state index contributed by atoms with van der Waals surface area (Å²) in [6.07, 6.45) is 0. The van der Waals surface area contributed by atoms with Gasteiger partial charge in [0.05, 0.1) is 24.3 Å². The molecule has 4 heteroatoms. The number of hydrogen-bond donors (Lipinski definition) is 1. The van der Waals surface area contributed by atoms with Crippen molar-refractivity contribution >= 4 is 11.6 Å². The fourth-order valence-corrected chi connectivity index (χ4v) is 2.81. The largest absolute Gasteiger partial charge is 0.372 e. The monoisotopic (exact) mass is 305 g/mol. The highest BCUT2D eigenvalue weighted by atomic mass is 35.5. The molecule has 0 bridgehead atoms. The van der Waals surface area contributed by atoms with E-state index < -0.39 is 0 Å². The summed E-state index contributed by atoms with van der Waals surface area (Å²) in [6, 6.07) is 11.2. The van der Waals surface area contributed by atoms with Crippen LogP contribution in [0, 0.1) is 5.82 Å². The molecule has 0 aromatic heterocycles. The van der Waals surface area contributed by atoms with Gasteiger partial charge in [0.1, 0.15) is 5.82 Å². The van der Waals surface area contributed by atoms with Gasteiger partial charge in [-0.3, -0.25) is 0 Å². The lowest BCUT2D eigenvalue weighted by atomic mass is 9.95. The molecule has 2 aromatic carbocycles. The van der Waals surface area contributed by atoms with E-state index in [4.69, 9.17) is 16.3 Å². The lowest BCUT2D eigenvalue weighted by molar-refractivity contribution is 0.134. The molecule has 0 radical (unpaired) electrons. The molecule has 0 aliphatic carbocycles. The van der Waals surface area contributed by atoms with E-state index in [1.165, 1.54) is 17.2 Å². The highest BCUT2D eigenvalue weighted by molar-refractivity contribution is 6.30. The van der Waals surface area contributed by atoms with Crippen LogP contribution in [0.3, 0.4) is 0 Å². The zero-order chi connectivity index (χ0) is 14.8. The predicted octanol–water partition coefficient (Wildman–Crippen LogP) is 4.21. The van der Waals surface area contributed by atoms with Gasteiger partial charge in [0.2, 0.25) is 0 Å². The zero-order valence-electron chi connectivity index (χ0n) is 11.8. The molecule has 110 valence electrons. The Labute approximate surface area is 128 Å². The summed E-state index contributed by atoms with van der Waals surface area (Å²) in [5.74, 6) is -0.387. The summed E-state index contributed by atoms with van der Waals surface area (Å²) in [5, 5.41) is 3.55. The van der Waals surface area contributed by atoms with Gasteiger partial charge in [-0.25, -0.2) is 4.39 Å². The Morgan fingerprint density at radius 3 is 2.62 bits per heavy atom. The first-order valence-electron chi connectivity index (χ1n) is 7.07. The van der Waals surface area contributed by atoms with Crippen molar-refractivity contribution in [3.63, 3.8) is 0 Å². The average Bonchev–Trinajstić information content (AvgIpc) is 2.95. The number of fused-ring (bicyclic) bond motifs is 1. The molecule has 3 rings (SSSR count). The SMILES string of the molecule is CCNC(c1ccc(Cl)c(F)c1)c1ccc2c(c1)COC2. The van der Waals surface area contributed by atoms with Gasteiger partial charge in [0.25, 0.3) is 0 Å². The van der Waals surface area contributed by atoms with Crippen LogP contribution in [-0.2, 0) is 18.0 Å². The molecule has 1 N–H and O–H groups in total. The molecule has 2 nitrogen and oxygen atoms in total. The maximum Gasteiger partial charge on any atom is 0.142 e. The van der Waals surface area contributed by atoms with Crippen molar-refractivity contribution in [1.82, 2.24) is 5.32 Å². The van der Waals surface area contributed by atoms with Crippen LogP contribution in [0.5, 0.6) is 0 Å². The third kappa shape index (κ3) is 2.95. The van der Waals surface area contributed by atoms with Gasteiger partial charge in [0, 0.05) is 0 Å². The molecule has 0 spiro atoms. The van der Waals surface area contributed by atoms with Gasteiger partial charge in [-0.05, 0) is 40.9 Å². The van der Waals surface area contributed by atoms with E-state index in [-0.39, 0.29) is 16.9 Å². The Balaban J connectivity index is 1.99. The van der Waals surface area contributed by atoms with Crippen molar-refractivity contribution < 1.29 is 9.13 Å². The van der Waals surface area contributed by atoms with Crippen molar-refractivity contribution in [1.29, 1.82) is 0 Å². The summed E-state index contributed by atoms with van der Waals surface area (Å²) < 4.78 is 19.2. The smallest absolute Gasteiger partial charge is 0.142 e. The summed E-state index contributed by atoms with van der Waals surface area (Å²) in [5.41, 5.74) is 4.43. The summed E-state index contributed by atoms with van der Waals surface area (Å²) in [7, 11) is 0. The standard InChI is InChI=1S/C17H17ClFNO/c1-2-20-17(12-5-6-15(18)16(19)8-12)11-3-4-13-9-21-10-14(13)7-11/h3-8,17,20H,2,9-10H2,1H3. The minimum absolute atomic E-state index is 0.0485. The van der Waals surface area contributed by atoms with Crippen LogP contribution < -0.4 is 5.32 Å². The molecule has 1 heterocycles. The van der Waals surface area contributed by atoms with Crippen LogP contribution >= 0.6 is 11.6 Å². The van der Waals surface area contributed by atoms with Gasteiger partial charge < -0.3 is 10.1 Å². The normalized spacial score (nSPS) is 15.0. The van der Waals surface area contributed by atoms with Crippen molar-refractivity contribution in [3.05, 3.63) is 69.5 Å². The Hall–Kier alpha value is -1.42. The topological polar surface area (TPSA) is 21.3 Å². The lowest BCUT2D eigenvalue weighted by Gasteiger charge is -2.20. The van der Waals surface area contributed by atoms with Crippen LogP contribution in [0.2, 0.25) is 5.02 Å². The number of benzene rings is 2. The molecule has 2 aromatic rings. The molecule has 0 fully saturated rings. The van der Waals surface area contributed by atoms with Crippen molar-refractivity contribution in [3.8, 4) is 0 Å². The second-order valence-electron chi connectivity index (χ2n) is 5.19. The minimum atomic E-state index is -0.387. The average molecular weight is 306 g/mol. The van der Waals surface area contributed by atoms with Gasteiger partial charge >= 0.3 is 0 Å². The summed E-state index contributed by atoms with van der Waals surface area (Å²) >= 11 is 5.77. The number of ether oxygens (including phenoxy) is 1. The molecule has 1 atom stereocenters. The number of hydrogen-bond acceptors (Lipinski definition) is 2. The second-order valence-corrected chi connectivity index (χ2v) is 5.59. The predicted molar refractivity (Wildman–Crippen MR) is 81.9 cm³/mol. The van der Waals surface area contributed by atoms with Gasteiger partial charge in [0.15, 0.2) is 0 Å². The van der Waals surface area contributed by atoms with E-state index in [1.54, 1.807) is 6.07 Å². The molecule has 1 unspecified atom stereocenters. The van der Waals surface area contributed by atoms with Crippen LogP contribution in [0.25, 0.3) is 0 Å². The van der Waals surface area contributed by atoms with Gasteiger partial charge in [-0.1, -0.05) is 42.8 Å². The van der Waals surface area contributed by atoms with Crippen molar-refractivity contribution in [2.75, 3.05) is 6.54 Å². The van der Waals surface area contributed by atoms with E-state index >= 15 is 0 Å². The molecule has 0 amide bonds. The maximum absolute atomic E-state index is 13.7. The number of halogens is 2. The quantitative estimate of drug-likeness (QED) is 0.913. The third-order valence-corrected chi connectivity index (χ3v) is 4.07. The Bertz CT molecular complexity index is 659. The van der Waals surface area contributed by atoms with E-state index in [9.17, 15) is 4.39 Å². The molecule has 1 aliphatic rings. The third-order valence-electron chi connectivity index (χ3n) is 3.76. The van der Waals surface area contributed by atoms with Crippen LogP contribution in [-0.4, -0.2) is 6.54 Å². The van der Waals surface area contributed by atoms with Crippen LogP contribution in [0.15, 0.2) is 36.4 Å². The second kappa shape index (κ2) is 6.14. The first-order valence-corrected chi connectivity index (χ1v) is 7.44. The Morgan fingerprint density at radius 2 is 1.86 bits per heavy atom. The molecular formula is C17H17ClFNO. The molecule has 1 aliphatic heterocycles. The molecular weight excluding hydrogens is 289 g/mol. The van der Waals surface area contributed by atoms with Crippen molar-refractivity contribution in [2.24, 2.45) is 0 Å². The fraction of sp³-hybridized carbons (Fsp3) is 0.294. The molecule has 21 heavy (non-hydrogen) atoms. The van der Waals surface area contributed by atoms with Gasteiger partial charge in [-0.2, -0.15) is 0 Å². The Kier molecular flexibility index (Phi) is 4.24. The maximum atomic E-state index is 13.7. The fourth-order valence-electron chi connectivity index (χ4n) is 2.70. The van der Waals surface area contributed by atoms with E-state index in [2.05, 4.69) is 23.5 Å². The van der Waals surface area contributed by atoms with Crippen LogP contribution in [0.1, 0.15) is 35.2 Å². The summed E-state index contributed by atoms with van der Waals surface area (Å²) in [6.45, 7) is 4.16. The molecule has 0 saturated carbocycles. The minimum Gasteiger partial charge on any atom is -0.372 e. The summed E-state index contributed by atoms with van der Waals surface area (Å²) in [4.78, 5) is 0. The lowest BCUT2D eigenvalue weighted by Crippen LogP contribution is -2.22. The number of nitrogens with one attached hydrogen (secondary N) is 1. The first-order chi connectivity index (χ1) is 10.2. The van der Waals surface area contributed by atoms with E-state index in [0.717, 1.165) is 17.7 Å². The first kappa shape index (κ1) is 14.5. The Morgan fingerprint density at radius 1 is 1.14 bits per heavy atom. The van der Waals surface area contributed by atoms with Gasteiger partial charge in [-0.15, -0.1) is 0 Å². The van der Waals surface area contributed by atoms with E-state index in [1.807, 2.05) is 13.0 Å². The van der Waals surface area contributed by atoms with Crippen LogP contribution in [0.4, 0.5) is 4.39 Å². The zero-order valence-corrected chi connectivity index (χ0v) is 12.6.